The number of hydrogen-bond acceptors (Lipinski definition) is 3. The fraction of sp³-hybridized carbons (Fsp3) is 0.182. The van der Waals surface area contributed by atoms with Gasteiger partial charge in [-0.25, -0.2) is 4.39 Å². The van der Waals surface area contributed by atoms with E-state index < -0.39 is 5.82 Å². The number of fused-ring (bicyclic) bond motifs is 1. The molecule has 0 bridgehead atoms. The average Bonchev–Trinajstić information content (AvgIpc) is 2.62. The van der Waals surface area contributed by atoms with Gasteiger partial charge >= 0.3 is 0 Å². The number of benzene rings is 1. The van der Waals surface area contributed by atoms with Gasteiger partial charge in [-0.1, -0.05) is 0 Å². The second-order valence-corrected chi connectivity index (χ2v) is 3.93. The van der Waals surface area contributed by atoms with Crippen LogP contribution in [0.25, 0.3) is 10.9 Å². The van der Waals surface area contributed by atoms with E-state index >= 15 is 0 Å². The zero-order valence-electron chi connectivity index (χ0n) is 9.57. The number of halogens is 1. The van der Waals surface area contributed by atoms with Crippen molar-refractivity contribution in [1.29, 1.82) is 0 Å². The van der Waals surface area contributed by atoms with E-state index in [4.69, 9.17) is 12.2 Å². The molecule has 0 saturated heterocycles. The molecule has 2 aromatic rings. The van der Waals surface area contributed by atoms with E-state index in [0.29, 0.717) is 17.4 Å². The molecule has 0 amide bonds. The van der Waals surface area contributed by atoms with Crippen molar-refractivity contribution in [2.45, 2.75) is 6.92 Å². The van der Waals surface area contributed by atoms with Crippen LogP contribution in [0.1, 0.15) is 6.92 Å². The molecule has 7 heteroatoms. The van der Waals surface area contributed by atoms with Gasteiger partial charge in [0.05, 0.1) is 5.52 Å². The van der Waals surface area contributed by atoms with Gasteiger partial charge in [-0.05, 0) is 37.3 Å². The summed E-state index contributed by atoms with van der Waals surface area (Å²) in [5.41, 5.74) is 0.752. The van der Waals surface area contributed by atoms with E-state index in [0.717, 1.165) is 0 Å². The SMILES string of the molecule is CCNC(=S)N=Nc1c(O)[nH]c2ccc(F)cc12. The summed E-state index contributed by atoms with van der Waals surface area (Å²) in [6.45, 7) is 2.51. The molecule has 0 aliphatic heterocycles. The van der Waals surface area contributed by atoms with Gasteiger partial charge < -0.3 is 15.4 Å². The first-order chi connectivity index (χ1) is 8.61. The summed E-state index contributed by atoms with van der Waals surface area (Å²) in [5.74, 6) is -0.578. The number of aromatic hydroxyl groups is 1. The minimum atomic E-state index is -0.410. The number of thiocarbonyl (C=S) groups is 1. The molecule has 0 aliphatic carbocycles. The zero-order valence-corrected chi connectivity index (χ0v) is 10.4. The number of azo groups is 1. The molecule has 1 heterocycles. The van der Waals surface area contributed by atoms with Crippen molar-refractivity contribution in [2.75, 3.05) is 6.54 Å². The van der Waals surface area contributed by atoms with Crippen molar-refractivity contribution in [3.63, 3.8) is 0 Å². The molecule has 0 atom stereocenters. The molecule has 1 aromatic heterocycles. The first-order valence-electron chi connectivity index (χ1n) is 5.31. The lowest BCUT2D eigenvalue weighted by Gasteiger charge is -1.96. The van der Waals surface area contributed by atoms with Gasteiger partial charge in [0.1, 0.15) is 5.82 Å². The fourth-order valence-electron chi connectivity index (χ4n) is 1.52. The molecule has 0 aliphatic rings. The Morgan fingerprint density at radius 2 is 2.33 bits per heavy atom. The van der Waals surface area contributed by atoms with Crippen LogP contribution in [0, 0.1) is 5.82 Å². The van der Waals surface area contributed by atoms with Gasteiger partial charge in [0, 0.05) is 11.9 Å². The third-order valence-corrected chi connectivity index (χ3v) is 2.51. The largest absolute Gasteiger partial charge is 0.493 e. The Bertz CT molecular complexity index is 623. The summed E-state index contributed by atoms with van der Waals surface area (Å²) in [5, 5.41) is 20.7. The molecule has 0 spiro atoms. The van der Waals surface area contributed by atoms with Gasteiger partial charge in [0.15, 0.2) is 5.69 Å². The van der Waals surface area contributed by atoms with Crippen LogP contribution in [0.3, 0.4) is 0 Å². The van der Waals surface area contributed by atoms with Crippen molar-refractivity contribution in [1.82, 2.24) is 10.3 Å². The second-order valence-electron chi connectivity index (χ2n) is 3.55. The minimum absolute atomic E-state index is 0.168. The standard InChI is InChI=1S/C11H11FN4OS/c1-2-13-11(18)16-15-9-7-5-6(12)3-4-8(7)14-10(9)17/h3-5,14,17H,2H2,1H3,(H,13,18). The van der Waals surface area contributed by atoms with E-state index in [2.05, 4.69) is 20.5 Å². The summed E-state index contributed by atoms with van der Waals surface area (Å²) in [4.78, 5) is 2.68. The average molecular weight is 266 g/mol. The number of aromatic nitrogens is 1. The summed E-state index contributed by atoms with van der Waals surface area (Å²) >= 11 is 4.88. The maximum Gasteiger partial charge on any atom is 0.218 e. The third-order valence-electron chi connectivity index (χ3n) is 2.28. The second kappa shape index (κ2) is 5.09. The Balaban J connectivity index is 2.41. The highest BCUT2D eigenvalue weighted by molar-refractivity contribution is 7.80. The van der Waals surface area contributed by atoms with Crippen LogP contribution in [-0.2, 0) is 0 Å². The van der Waals surface area contributed by atoms with Crippen molar-refractivity contribution in [3.05, 3.63) is 24.0 Å². The number of hydrogen-bond donors (Lipinski definition) is 3. The molecule has 5 nitrogen and oxygen atoms in total. The lowest BCUT2D eigenvalue weighted by molar-refractivity contribution is 0.459. The van der Waals surface area contributed by atoms with Crippen LogP contribution in [0.4, 0.5) is 10.1 Å². The molecule has 0 unspecified atom stereocenters. The highest BCUT2D eigenvalue weighted by Gasteiger charge is 2.11. The number of nitrogens with one attached hydrogen (secondary N) is 2. The first-order valence-corrected chi connectivity index (χ1v) is 5.72. The number of nitrogens with zero attached hydrogens (tertiary/aromatic N) is 2. The number of H-pyrrole nitrogens is 1. The summed E-state index contributed by atoms with van der Waals surface area (Å²) < 4.78 is 13.1. The molecular formula is C11H11FN4OS. The maximum absolute atomic E-state index is 13.1. The lowest BCUT2D eigenvalue weighted by atomic mass is 10.2. The monoisotopic (exact) mass is 266 g/mol. The van der Waals surface area contributed by atoms with Crippen LogP contribution in [0.5, 0.6) is 5.88 Å². The fourth-order valence-corrected chi connectivity index (χ4v) is 1.70. The third kappa shape index (κ3) is 2.45. The van der Waals surface area contributed by atoms with Crippen molar-refractivity contribution in [3.8, 4) is 5.88 Å². The van der Waals surface area contributed by atoms with Crippen LogP contribution in [-0.4, -0.2) is 21.7 Å². The summed E-state index contributed by atoms with van der Waals surface area (Å²) in [6, 6.07) is 4.09. The Kier molecular flexibility index (Phi) is 3.52. The molecule has 0 radical (unpaired) electrons. The number of rotatable bonds is 2. The Labute approximate surface area is 108 Å². The Hall–Kier alpha value is -2.02. The molecule has 18 heavy (non-hydrogen) atoms. The highest BCUT2D eigenvalue weighted by atomic mass is 32.1. The van der Waals surface area contributed by atoms with Crippen LogP contribution in [0.15, 0.2) is 28.4 Å². The topological polar surface area (TPSA) is 72.8 Å². The normalized spacial score (nSPS) is 11.2. The van der Waals surface area contributed by atoms with Crippen LogP contribution in [0.2, 0.25) is 0 Å². The first kappa shape index (κ1) is 12.4. The van der Waals surface area contributed by atoms with Gasteiger partial charge in [0.2, 0.25) is 11.0 Å². The smallest absolute Gasteiger partial charge is 0.218 e. The molecule has 2 rings (SSSR count). The van der Waals surface area contributed by atoms with Crippen LogP contribution < -0.4 is 5.32 Å². The number of aromatic amines is 1. The lowest BCUT2D eigenvalue weighted by Crippen LogP contribution is -2.17. The predicted molar refractivity (Wildman–Crippen MR) is 70.7 cm³/mol. The van der Waals surface area contributed by atoms with Gasteiger partial charge in [0.25, 0.3) is 0 Å². The molecule has 0 fully saturated rings. The van der Waals surface area contributed by atoms with E-state index in [1.54, 1.807) is 0 Å². The minimum Gasteiger partial charge on any atom is -0.493 e. The van der Waals surface area contributed by atoms with E-state index in [9.17, 15) is 9.50 Å². The van der Waals surface area contributed by atoms with Crippen molar-refractivity contribution < 1.29 is 9.50 Å². The highest BCUT2D eigenvalue weighted by Crippen LogP contribution is 2.35. The van der Waals surface area contributed by atoms with Gasteiger partial charge in [-0.2, -0.15) is 0 Å². The summed E-state index contributed by atoms with van der Waals surface area (Å²) in [6.07, 6.45) is 0. The van der Waals surface area contributed by atoms with Crippen LogP contribution >= 0.6 is 12.2 Å². The maximum atomic E-state index is 13.1. The van der Waals surface area contributed by atoms with E-state index in [-0.39, 0.29) is 16.7 Å². The summed E-state index contributed by atoms with van der Waals surface area (Å²) in [7, 11) is 0. The predicted octanol–water partition coefficient (Wildman–Crippen LogP) is 2.99. The van der Waals surface area contributed by atoms with Gasteiger partial charge in [-0.15, -0.1) is 10.2 Å². The van der Waals surface area contributed by atoms with Gasteiger partial charge in [-0.3, -0.25) is 0 Å². The molecule has 3 N–H and O–H groups in total. The van der Waals surface area contributed by atoms with E-state index in [1.165, 1.54) is 18.2 Å². The van der Waals surface area contributed by atoms with Crippen molar-refractivity contribution >= 4 is 33.9 Å². The van der Waals surface area contributed by atoms with Crippen molar-refractivity contribution in [2.24, 2.45) is 10.2 Å². The Morgan fingerprint density at radius 1 is 1.56 bits per heavy atom. The van der Waals surface area contributed by atoms with E-state index in [1.807, 2.05) is 6.92 Å². The molecular weight excluding hydrogens is 255 g/mol. The Morgan fingerprint density at radius 3 is 3.06 bits per heavy atom. The quantitative estimate of drug-likeness (QED) is 0.578. The molecule has 0 saturated carbocycles. The zero-order chi connectivity index (χ0) is 13.1. The molecule has 1 aromatic carbocycles. The molecule has 94 valence electrons.